The number of alkyl carbamates (subject to hydrolysis) is 1. The van der Waals surface area contributed by atoms with E-state index in [1.165, 1.54) is 16.4 Å². The van der Waals surface area contributed by atoms with Crippen LogP contribution in [-0.2, 0) is 30.7 Å². The highest BCUT2D eigenvalue weighted by Gasteiger charge is 2.44. The van der Waals surface area contributed by atoms with Crippen LogP contribution in [0.15, 0.2) is 58.4 Å². The number of carbonyl (C=O) groups excluding carboxylic acids is 1. The van der Waals surface area contributed by atoms with Crippen molar-refractivity contribution in [2.24, 2.45) is 16.8 Å². The van der Waals surface area contributed by atoms with E-state index in [0.717, 1.165) is 18.5 Å². The maximum absolute atomic E-state index is 14.3. The third-order valence-electron chi connectivity index (χ3n) is 8.92. The van der Waals surface area contributed by atoms with E-state index in [-0.39, 0.29) is 55.0 Å². The Labute approximate surface area is 288 Å². The first-order valence-corrected chi connectivity index (χ1v) is 18.2. The van der Waals surface area contributed by atoms with Crippen molar-refractivity contribution < 1.29 is 37.6 Å². The third kappa shape index (κ3) is 8.99. The van der Waals surface area contributed by atoms with Crippen molar-refractivity contribution in [2.45, 2.75) is 63.0 Å². The Morgan fingerprint density at radius 3 is 2.61 bits per heavy atom. The van der Waals surface area contributed by atoms with E-state index in [0.29, 0.717) is 35.3 Å². The van der Waals surface area contributed by atoms with Crippen LogP contribution in [0.2, 0.25) is 0 Å². The molecule has 5 unspecified atom stereocenters. The number of aliphatic hydroxyl groups is 1. The molecule has 2 aliphatic rings. The number of carbonyl (C=O) groups is 1. The summed E-state index contributed by atoms with van der Waals surface area (Å²) in [5, 5.41) is 25.7. The summed E-state index contributed by atoms with van der Waals surface area (Å²) in [6, 6.07) is 13.1. The largest absolute Gasteiger partial charge is 0.494 e. The number of nitrogens with one attached hydrogen (secondary N) is 2. The topological polar surface area (TPSA) is 166 Å². The number of benzene rings is 2. The molecule has 49 heavy (non-hydrogen) atoms. The quantitative estimate of drug-likeness (QED) is 0.174. The van der Waals surface area contributed by atoms with Crippen LogP contribution in [0, 0.1) is 11.8 Å². The number of aromatic amines is 1. The van der Waals surface area contributed by atoms with E-state index >= 15 is 0 Å². The molecule has 268 valence electrons. The Hall–Kier alpha value is -3.53. The molecular weight excluding hydrogens is 650 g/mol. The fraction of sp³-hybridized carbons (Fsp3) is 0.543. The lowest BCUT2D eigenvalue weighted by molar-refractivity contribution is -0.0907. The monoisotopic (exact) mass is 699 g/mol. The molecule has 0 saturated carbocycles. The summed E-state index contributed by atoms with van der Waals surface area (Å²) in [4.78, 5) is 22.7. The Balaban J connectivity index is 1.39. The zero-order chi connectivity index (χ0) is 35.3. The molecule has 0 radical (unpaired) electrons. The number of aromatic nitrogens is 1. The summed E-state index contributed by atoms with van der Waals surface area (Å²) in [5.41, 5.74) is 2.44. The molecule has 5 atom stereocenters. The van der Waals surface area contributed by atoms with Gasteiger partial charge < -0.3 is 39.6 Å². The first-order chi connectivity index (χ1) is 23.3. The first-order valence-electron chi connectivity index (χ1n) is 16.8. The van der Waals surface area contributed by atoms with Crippen molar-refractivity contribution in [1.82, 2.24) is 19.5 Å². The highest BCUT2D eigenvalue weighted by molar-refractivity contribution is 7.89. The molecule has 1 aromatic heterocycles. The van der Waals surface area contributed by atoms with Gasteiger partial charge >= 0.3 is 6.09 Å². The molecule has 4 N–H and O–H groups in total. The number of amides is 1. The van der Waals surface area contributed by atoms with Gasteiger partial charge in [-0.2, -0.15) is 4.31 Å². The number of aromatic hydroxyl groups is 1. The molecule has 2 aromatic carbocycles. The fourth-order valence-corrected chi connectivity index (χ4v) is 8.01. The van der Waals surface area contributed by atoms with Gasteiger partial charge in [0.15, 0.2) is 12.2 Å². The lowest BCUT2D eigenvalue weighted by Gasteiger charge is -2.31. The van der Waals surface area contributed by atoms with Crippen molar-refractivity contribution in [1.29, 1.82) is 0 Å². The molecule has 0 aliphatic carbocycles. The summed E-state index contributed by atoms with van der Waals surface area (Å²) < 4.78 is 46.7. The Kier molecular flexibility index (Phi) is 12.0. The second-order valence-corrected chi connectivity index (χ2v) is 15.5. The van der Waals surface area contributed by atoms with E-state index in [9.17, 15) is 23.4 Å². The van der Waals surface area contributed by atoms with Gasteiger partial charge in [-0.25, -0.2) is 13.2 Å². The normalized spacial score (nSPS) is 21.1. The van der Waals surface area contributed by atoms with Gasteiger partial charge in [0.1, 0.15) is 6.10 Å². The Morgan fingerprint density at radius 1 is 1.14 bits per heavy atom. The maximum atomic E-state index is 14.3. The number of rotatable bonds is 15. The highest BCUT2D eigenvalue weighted by atomic mass is 32.2. The summed E-state index contributed by atoms with van der Waals surface area (Å²) in [6.07, 6.45) is -1.90. The predicted octanol–water partition coefficient (Wildman–Crippen LogP) is 3.35. The van der Waals surface area contributed by atoms with Gasteiger partial charge in [0.2, 0.25) is 10.0 Å². The molecular formula is C35H49N5O8S. The average molecular weight is 700 g/mol. The van der Waals surface area contributed by atoms with Gasteiger partial charge in [-0.3, -0.25) is 4.99 Å². The summed E-state index contributed by atoms with van der Waals surface area (Å²) >= 11 is 0. The molecule has 14 heteroatoms. The van der Waals surface area contributed by atoms with Gasteiger partial charge in [-0.05, 0) is 63.5 Å². The number of aliphatic imine (C=N–C) groups is 1. The number of nitrogens with zero attached hydrogens (tertiary/aromatic N) is 3. The van der Waals surface area contributed by atoms with Crippen LogP contribution < -0.4 is 5.32 Å². The second kappa shape index (κ2) is 16.0. The van der Waals surface area contributed by atoms with Crippen molar-refractivity contribution in [3.05, 3.63) is 59.7 Å². The van der Waals surface area contributed by atoms with Crippen molar-refractivity contribution in [2.75, 3.05) is 53.5 Å². The van der Waals surface area contributed by atoms with Crippen LogP contribution in [0.5, 0.6) is 5.88 Å². The average Bonchev–Trinajstić information content (AvgIpc) is 3.75. The van der Waals surface area contributed by atoms with Gasteiger partial charge in [-0.15, -0.1) is 0 Å². The zero-order valence-corrected chi connectivity index (χ0v) is 29.7. The number of fused-ring (bicyclic) bond motifs is 2. The number of hydrogen-bond donors (Lipinski definition) is 4. The lowest BCUT2D eigenvalue weighted by Crippen LogP contribution is -2.51. The van der Waals surface area contributed by atoms with Gasteiger partial charge in [-0.1, -0.05) is 44.2 Å². The fourth-order valence-electron chi connectivity index (χ4n) is 6.36. The standard InChI is InChI=1S/C35H49N5O8S/c1-22(2)19-40(49(44,45)25-11-12-28-27(18-25)32(33(42)37-28)23(3)36-14-15-39(4)5)20-30(41)29(17-24-9-7-6-8-10-24)38-35(43)48-31-21-47-34-26(31)13-16-46-34/h6-12,18,22,26,29-31,34,37,41-42H,13-17,19-21H2,1-5H3,(H,38,43). The van der Waals surface area contributed by atoms with Crippen LogP contribution in [0.25, 0.3) is 10.9 Å². The number of aliphatic hydroxyl groups excluding tert-OH is 1. The summed E-state index contributed by atoms with van der Waals surface area (Å²) in [5.74, 6) is -0.215. The molecule has 2 saturated heterocycles. The minimum absolute atomic E-state index is 0.00994. The molecule has 1 amide bonds. The lowest BCUT2D eigenvalue weighted by atomic mass is 10.0. The molecule has 5 rings (SSSR count). The minimum atomic E-state index is -4.15. The van der Waals surface area contributed by atoms with Crippen LogP contribution in [-0.4, -0.2) is 123 Å². The molecule has 3 heterocycles. The number of H-pyrrole nitrogens is 1. The van der Waals surface area contributed by atoms with E-state index in [1.54, 1.807) is 13.0 Å². The first kappa shape index (κ1) is 36.7. The van der Waals surface area contributed by atoms with Gasteiger partial charge in [0.05, 0.1) is 48.3 Å². The van der Waals surface area contributed by atoms with E-state index in [1.807, 2.05) is 63.2 Å². The Morgan fingerprint density at radius 2 is 1.90 bits per heavy atom. The van der Waals surface area contributed by atoms with Crippen molar-refractivity contribution in [3.8, 4) is 5.88 Å². The highest BCUT2D eigenvalue weighted by Crippen LogP contribution is 2.33. The molecule has 13 nitrogen and oxygen atoms in total. The van der Waals surface area contributed by atoms with E-state index < -0.39 is 34.4 Å². The van der Waals surface area contributed by atoms with Crippen molar-refractivity contribution >= 4 is 32.7 Å². The minimum Gasteiger partial charge on any atom is -0.494 e. The summed E-state index contributed by atoms with van der Waals surface area (Å²) in [6.45, 7) is 7.41. The SMILES string of the molecule is CC(=NCCN(C)C)c1c(O)[nH]c2ccc(S(=O)(=O)N(CC(C)C)CC(O)C(Cc3ccccc3)NC(=O)OC3COC4OCCC34)cc12. The second-order valence-electron chi connectivity index (χ2n) is 13.5. The molecule has 0 spiro atoms. The van der Waals surface area contributed by atoms with Crippen LogP contribution >= 0.6 is 0 Å². The maximum Gasteiger partial charge on any atom is 0.407 e. The van der Waals surface area contributed by atoms with Crippen LogP contribution in [0.1, 0.15) is 38.3 Å². The van der Waals surface area contributed by atoms with E-state index in [4.69, 9.17) is 14.2 Å². The number of likely N-dealkylation sites (N-methyl/N-ethyl adjacent to an activating group) is 1. The molecule has 0 bridgehead atoms. The van der Waals surface area contributed by atoms with Crippen molar-refractivity contribution in [3.63, 3.8) is 0 Å². The summed E-state index contributed by atoms with van der Waals surface area (Å²) in [7, 11) is -0.257. The van der Waals surface area contributed by atoms with E-state index in [2.05, 4.69) is 15.3 Å². The number of hydrogen-bond acceptors (Lipinski definition) is 10. The van der Waals surface area contributed by atoms with Gasteiger partial charge in [0.25, 0.3) is 0 Å². The number of sulfonamides is 1. The third-order valence-corrected chi connectivity index (χ3v) is 10.7. The van der Waals surface area contributed by atoms with Crippen LogP contribution in [0.4, 0.5) is 4.79 Å². The van der Waals surface area contributed by atoms with Gasteiger partial charge in [0, 0.05) is 36.2 Å². The van der Waals surface area contributed by atoms with Crippen LogP contribution in [0.3, 0.4) is 0 Å². The molecule has 3 aromatic rings. The smallest absolute Gasteiger partial charge is 0.407 e. The molecule has 2 fully saturated rings. The predicted molar refractivity (Wildman–Crippen MR) is 186 cm³/mol. The molecule has 2 aliphatic heterocycles. The number of ether oxygens (including phenoxy) is 3. The zero-order valence-electron chi connectivity index (χ0n) is 28.8. The Bertz CT molecular complexity index is 1710.